The minimum Gasteiger partial charge on any atom is -0.459 e. The summed E-state index contributed by atoms with van der Waals surface area (Å²) in [5.41, 5.74) is 17.2. The molecule has 0 amide bonds. The molecule has 0 saturated carbocycles. The van der Waals surface area contributed by atoms with E-state index in [-0.39, 0.29) is 24.4 Å². The van der Waals surface area contributed by atoms with E-state index in [9.17, 15) is 4.79 Å². The number of rotatable bonds is 7. The first-order chi connectivity index (χ1) is 15.5. The number of nitrogen functional groups attached to an aromatic ring is 1. The molecule has 0 bridgehead atoms. The van der Waals surface area contributed by atoms with Gasteiger partial charge in [0.2, 0.25) is 0 Å². The lowest BCUT2D eigenvalue weighted by molar-refractivity contribution is -0.151. The molecule has 2 aromatic heterocycles. The molecule has 12 heteroatoms. The van der Waals surface area contributed by atoms with Gasteiger partial charge in [-0.3, -0.25) is 9.36 Å². The van der Waals surface area contributed by atoms with Gasteiger partial charge in [0.1, 0.15) is 24.2 Å². The van der Waals surface area contributed by atoms with Crippen molar-refractivity contribution in [3.05, 3.63) is 50.4 Å². The molecule has 1 saturated heterocycles. The first kappa shape index (κ1) is 22.2. The molecular weight excluding hydrogens is 527 g/mol. The van der Waals surface area contributed by atoms with Gasteiger partial charge in [0, 0.05) is 21.3 Å². The van der Waals surface area contributed by atoms with Crippen molar-refractivity contribution in [2.45, 2.75) is 51.0 Å². The molecule has 1 aliphatic heterocycles. The Labute approximate surface area is 197 Å². The first-order valence-corrected chi connectivity index (χ1v) is 11.2. The number of fused-ring (bicyclic) bond motifs is 1. The van der Waals surface area contributed by atoms with Gasteiger partial charge in [-0.15, -0.1) is 0 Å². The average Bonchev–Trinajstić information content (AvgIpc) is 3.34. The highest BCUT2D eigenvalue weighted by molar-refractivity contribution is 14.1. The molecule has 1 aliphatic rings. The Morgan fingerprint density at radius 2 is 2.28 bits per heavy atom. The van der Waals surface area contributed by atoms with Crippen LogP contribution in [-0.4, -0.2) is 37.7 Å². The van der Waals surface area contributed by atoms with Crippen molar-refractivity contribution in [1.82, 2.24) is 19.5 Å². The van der Waals surface area contributed by atoms with Crippen LogP contribution >= 0.6 is 22.6 Å². The number of benzene rings is 1. The van der Waals surface area contributed by atoms with Crippen molar-refractivity contribution in [2.24, 2.45) is 5.11 Å². The summed E-state index contributed by atoms with van der Waals surface area (Å²) in [6.45, 7) is 1.88. The zero-order valence-corrected chi connectivity index (χ0v) is 19.4. The van der Waals surface area contributed by atoms with Crippen molar-refractivity contribution in [2.75, 3.05) is 5.73 Å². The SMILES string of the molecule is C[C@H]1O[C@@H](n2cnc3c(N)ncnc32)C[C@@H]1OC(=O)CCCc1ccc(N=[N+]=[N-])c(I)c1. The molecular formula is C20H21IN8O3. The van der Waals surface area contributed by atoms with Gasteiger partial charge in [-0.25, -0.2) is 15.0 Å². The Morgan fingerprint density at radius 1 is 1.44 bits per heavy atom. The number of ether oxygens (including phenoxy) is 2. The van der Waals surface area contributed by atoms with Gasteiger partial charge in [0.25, 0.3) is 0 Å². The predicted molar refractivity (Wildman–Crippen MR) is 125 cm³/mol. The topological polar surface area (TPSA) is 154 Å². The number of hydrogen-bond acceptors (Lipinski definition) is 8. The van der Waals surface area contributed by atoms with E-state index in [1.807, 2.05) is 19.1 Å². The Bertz CT molecular complexity index is 1190. The standard InChI is InChI=1S/C20H21IN8O3/c1-11-15(8-16(31-11)29-10-26-18-19(22)24-9-25-20(18)29)32-17(30)4-2-3-12-5-6-14(27-28-23)13(21)7-12/h5-7,9-11,15-16H,2-4,8H2,1H3,(H2,22,24,25)/t11-,15+,16-/m1/s1. The number of nitrogens with zero attached hydrogens (tertiary/aromatic N) is 7. The molecule has 3 aromatic rings. The summed E-state index contributed by atoms with van der Waals surface area (Å²) in [6.07, 6.45) is 4.24. The van der Waals surface area contributed by atoms with E-state index in [1.165, 1.54) is 6.33 Å². The van der Waals surface area contributed by atoms with Gasteiger partial charge >= 0.3 is 5.97 Å². The highest BCUT2D eigenvalue weighted by Gasteiger charge is 2.36. The van der Waals surface area contributed by atoms with Crippen LogP contribution in [0.2, 0.25) is 0 Å². The zero-order chi connectivity index (χ0) is 22.7. The molecule has 166 valence electrons. The quantitative estimate of drug-likeness (QED) is 0.153. The van der Waals surface area contributed by atoms with E-state index in [4.69, 9.17) is 20.7 Å². The fraction of sp³-hybridized carbons (Fsp3) is 0.400. The molecule has 3 atom stereocenters. The van der Waals surface area contributed by atoms with Crippen LogP contribution in [0.4, 0.5) is 11.5 Å². The lowest BCUT2D eigenvalue weighted by Crippen LogP contribution is -2.24. The molecule has 1 aromatic carbocycles. The minimum atomic E-state index is -0.354. The monoisotopic (exact) mass is 548 g/mol. The number of aromatic nitrogens is 4. The van der Waals surface area contributed by atoms with Crippen LogP contribution in [0.3, 0.4) is 0 Å². The van der Waals surface area contributed by atoms with Crippen molar-refractivity contribution < 1.29 is 14.3 Å². The highest BCUT2D eigenvalue weighted by Crippen LogP contribution is 2.33. The summed E-state index contributed by atoms with van der Waals surface area (Å²) in [5, 5.41) is 3.63. The average molecular weight is 548 g/mol. The van der Waals surface area contributed by atoms with Crippen molar-refractivity contribution >= 4 is 51.2 Å². The van der Waals surface area contributed by atoms with E-state index in [2.05, 4.69) is 47.6 Å². The molecule has 0 unspecified atom stereocenters. The van der Waals surface area contributed by atoms with Crippen LogP contribution in [0, 0.1) is 3.57 Å². The molecule has 0 spiro atoms. The van der Waals surface area contributed by atoms with Crippen LogP contribution in [0.1, 0.15) is 38.0 Å². The Morgan fingerprint density at radius 3 is 3.06 bits per heavy atom. The van der Waals surface area contributed by atoms with Gasteiger partial charge in [0.15, 0.2) is 11.5 Å². The Kier molecular flexibility index (Phi) is 6.72. The summed E-state index contributed by atoms with van der Waals surface area (Å²) < 4.78 is 14.4. The fourth-order valence-electron chi connectivity index (χ4n) is 3.68. The highest BCUT2D eigenvalue weighted by atomic mass is 127. The second-order valence-corrected chi connectivity index (χ2v) is 8.63. The molecule has 1 fully saturated rings. The number of azide groups is 1. The summed E-state index contributed by atoms with van der Waals surface area (Å²) in [7, 11) is 0. The maximum atomic E-state index is 12.4. The normalized spacial score (nSPS) is 20.2. The van der Waals surface area contributed by atoms with Crippen LogP contribution in [0.15, 0.2) is 36.0 Å². The third-order valence-corrected chi connectivity index (χ3v) is 6.18. The third-order valence-electron chi connectivity index (χ3n) is 5.32. The van der Waals surface area contributed by atoms with Gasteiger partial charge < -0.3 is 15.2 Å². The van der Waals surface area contributed by atoms with Crippen LogP contribution in [0.5, 0.6) is 0 Å². The lowest BCUT2D eigenvalue weighted by atomic mass is 10.1. The van der Waals surface area contributed by atoms with E-state index in [1.54, 1.807) is 17.0 Å². The molecule has 0 radical (unpaired) electrons. The maximum Gasteiger partial charge on any atom is 0.306 e. The second kappa shape index (κ2) is 9.67. The maximum absolute atomic E-state index is 12.4. The van der Waals surface area contributed by atoms with Crippen molar-refractivity contribution in [3.8, 4) is 0 Å². The summed E-state index contributed by atoms with van der Waals surface area (Å²) in [5.74, 6) is 0.0541. The van der Waals surface area contributed by atoms with Gasteiger partial charge in [-0.2, -0.15) is 0 Å². The largest absolute Gasteiger partial charge is 0.459 e. The van der Waals surface area contributed by atoms with Crippen LogP contribution < -0.4 is 5.73 Å². The minimum absolute atomic E-state index is 0.254. The van der Waals surface area contributed by atoms with Crippen LogP contribution in [-0.2, 0) is 20.7 Å². The Hall–Kier alpha value is -2.96. The van der Waals surface area contributed by atoms with Crippen molar-refractivity contribution in [1.29, 1.82) is 0 Å². The summed E-state index contributed by atoms with van der Waals surface area (Å²) >= 11 is 2.13. The van der Waals surface area contributed by atoms with Crippen LogP contribution in [0.25, 0.3) is 21.6 Å². The molecule has 3 heterocycles. The number of anilines is 1. The molecule has 2 N–H and O–H groups in total. The number of nitrogens with two attached hydrogens (primary N) is 1. The van der Waals surface area contributed by atoms with E-state index in [0.29, 0.717) is 41.9 Å². The third kappa shape index (κ3) is 4.76. The second-order valence-electron chi connectivity index (χ2n) is 7.47. The van der Waals surface area contributed by atoms with Crippen molar-refractivity contribution in [3.63, 3.8) is 0 Å². The first-order valence-electron chi connectivity index (χ1n) is 10.1. The molecule has 32 heavy (non-hydrogen) atoms. The van der Waals surface area contributed by atoms with Gasteiger partial charge in [-0.05, 0) is 59.5 Å². The summed E-state index contributed by atoms with van der Waals surface area (Å²) in [4.78, 5) is 27.7. The number of esters is 1. The molecule has 0 aliphatic carbocycles. The smallest absolute Gasteiger partial charge is 0.306 e. The summed E-state index contributed by atoms with van der Waals surface area (Å²) in [6, 6.07) is 5.64. The van der Waals surface area contributed by atoms with E-state index < -0.39 is 0 Å². The van der Waals surface area contributed by atoms with E-state index >= 15 is 0 Å². The zero-order valence-electron chi connectivity index (χ0n) is 17.3. The number of hydrogen-bond donors (Lipinski definition) is 1. The van der Waals surface area contributed by atoms with E-state index in [0.717, 1.165) is 15.6 Å². The molecule has 4 rings (SSSR count). The predicted octanol–water partition coefficient (Wildman–Crippen LogP) is 4.20. The van der Waals surface area contributed by atoms with Gasteiger partial charge in [0.05, 0.1) is 18.1 Å². The number of carbonyl (C=O) groups is 1. The molecule has 11 nitrogen and oxygen atoms in total. The lowest BCUT2D eigenvalue weighted by Gasteiger charge is -2.14. The number of carbonyl (C=O) groups excluding carboxylic acids is 1. The Balaban J connectivity index is 1.30. The number of imidazole rings is 1. The number of halogens is 1. The van der Waals surface area contributed by atoms with Gasteiger partial charge in [-0.1, -0.05) is 17.2 Å². The number of aryl methyl sites for hydroxylation is 1. The fourth-order valence-corrected chi connectivity index (χ4v) is 4.37.